The Bertz CT molecular complexity index is 767. The first-order valence-electron chi connectivity index (χ1n) is 5.73. The Morgan fingerprint density at radius 1 is 1.14 bits per heavy atom. The number of nitrogens with one attached hydrogen (secondary N) is 1. The number of benzene rings is 2. The quantitative estimate of drug-likeness (QED) is 0.847. The van der Waals surface area contributed by atoms with Crippen LogP contribution in [0.15, 0.2) is 35.2 Å². The third-order valence-electron chi connectivity index (χ3n) is 2.78. The van der Waals surface area contributed by atoms with E-state index in [2.05, 4.69) is 4.72 Å². The van der Waals surface area contributed by atoms with Crippen LogP contribution in [0.2, 0.25) is 5.02 Å². The normalized spacial score (nSPS) is 11.4. The smallest absolute Gasteiger partial charge is 0.262 e. The van der Waals surface area contributed by atoms with Crippen LogP contribution >= 0.6 is 11.6 Å². The van der Waals surface area contributed by atoms with E-state index < -0.39 is 21.7 Å². The molecule has 0 aromatic heterocycles. The molecule has 2 aromatic rings. The van der Waals surface area contributed by atoms with Gasteiger partial charge >= 0.3 is 0 Å². The molecular formula is C13H11ClF2N2O2S. The van der Waals surface area contributed by atoms with E-state index in [0.29, 0.717) is 0 Å². The summed E-state index contributed by atoms with van der Waals surface area (Å²) in [6.45, 7) is 1.43. The van der Waals surface area contributed by atoms with Crippen LogP contribution in [-0.2, 0) is 10.0 Å². The molecule has 0 unspecified atom stereocenters. The molecule has 0 aliphatic heterocycles. The summed E-state index contributed by atoms with van der Waals surface area (Å²) in [6.07, 6.45) is 0. The number of nitrogen functional groups attached to an aromatic ring is 1. The fourth-order valence-electron chi connectivity index (χ4n) is 1.66. The van der Waals surface area contributed by atoms with Gasteiger partial charge in [-0.05, 0) is 37.3 Å². The van der Waals surface area contributed by atoms with Crippen molar-refractivity contribution in [2.75, 3.05) is 10.5 Å². The Hall–Kier alpha value is -1.86. The molecule has 0 amide bonds. The third-order valence-corrected chi connectivity index (χ3v) is 4.36. The SMILES string of the molecule is Cc1c(N)cc(S(=O)(=O)Nc2cc(F)cc(Cl)c2)cc1F. The second-order valence-corrected chi connectivity index (χ2v) is 6.50. The molecule has 2 aromatic carbocycles. The van der Waals surface area contributed by atoms with E-state index >= 15 is 0 Å². The van der Waals surface area contributed by atoms with Crippen molar-refractivity contribution in [3.63, 3.8) is 0 Å². The van der Waals surface area contributed by atoms with E-state index in [1.165, 1.54) is 13.0 Å². The van der Waals surface area contributed by atoms with Crippen LogP contribution in [-0.4, -0.2) is 8.42 Å². The maximum Gasteiger partial charge on any atom is 0.262 e. The predicted molar refractivity (Wildman–Crippen MR) is 77.8 cm³/mol. The van der Waals surface area contributed by atoms with E-state index in [9.17, 15) is 17.2 Å². The van der Waals surface area contributed by atoms with Gasteiger partial charge in [0.2, 0.25) is 0 Å². The van der Waals surface area contributed by atoms with Gasteiger partial charge in [-0.25, -0.2) is 17.2 Å². The van der Waals surface area contributed by atoms with Gasteiger partial charge in [-0.2, -0.15) is 0 Å². The van der Waals surface area contributed by atoms with Crippen LogP contribution in [0.1, 0.15) is 5.56 Å². The van der Waals surface area contributed by atoms with Gasteiger partial charge in [0.15, 0.2) is 0 Å². The summed E-state index contributed by atoms with van der Waals surface area (Å²) in [6, 6.07) is 5.19. The summed E-state index contributed by atoms with van der Waals surface area (Å²) in [7, 11) is -4.10. The van der Waals surface area contributed by atoms with Crippen molar-refractivity contribution in [3.8, 4) is 0 Å². The molecule has 0 atom stereocenters. The molecule has 0 bridgehead atoms. The van der Waals surface area contributed by atoms with Gasteiger partial charge in [0.25, 0.3) is 10.0 Å². The number of sulfonamides is 1. The molecular weight excluding hydrogens is 322 g/mol. The zero-order valence-corrected chi connectivity index (χ0v) is 12.4. The Kier molecular flexibility index (Phi) is 4.06. The molecule has 112 valence electrons. The monoisotopic (exact) mass is 332 g/mol. The van der Waals surface area contributed by atoms with Crippen molar-refractivity contribution in [3.05, 3.63) is 52.6 Å². The molecule has 0 spiro atoms. The Balaban J connectivity index is 2.43. The molecule has 4 nitrogen and oxygen atoms in total. The second kappa shape index (κ2) is 5.50. The minimum atomic E-state index is -4.10. The number of rotatable bonds is 3. The topological polar surface area (TPSA) is 72.2 Å². The van der Waals surface area contributed by atoms with Gasteiger partial charge in [0.05, 0.1) is 10.6 Å². The van der Waals surface area contributed by atoms with Crippen LogP contribution in [0, 0.1) is 18.6 Å². The van der Waals surface area contributed by atoms with Crippen molar-refractivity contribution >= 4 is 33.0 Å². The van der Waals surface area contributed by atoms with E-state index in [1.807, 2.05) is 0 Å². The number of hydrogen-bond acceptors (Lipinski definition) is 3. The van der Waals surface area contributed by atoms with Crippen LogP contribution < -0.4 is 10.5 Å². The van der Waals surface area contributed by atoms with Gasteiger partial charge in [0.1, 0.15) is 11.6 Å². The minimum absolute atomic E-state index is 0.00708. The lowest BCUT2D eigenvalue weighted by atomic mass is 10.2. The lowest BCUT2D eigenvalue weighted by molar-refractivity contribution is 0.593. The molecule has 0 saturated carbocycles. The lowest BCUT2D eigenvalue weighted by Gasteiger charge is -2.11. The first kappa shape index (κ1) is 15.5. The van der Waals surface area contributed by atoms with Crippen molar-refractivity contribution in [2.45, 2.75) is 11.8 Å². The standard InChI is InChI=1S/C13H11ClF2N2O2S/c1-7-12(16)5-11(6-13(7)17)21(19,20)18-10-3-8(14)2-9(15)4-10/h2-6,18H,17H2,1H3. The molecule has 0 saturated heterocycles. The van der Waals surface area contributed by atoms with Crippen molar-refractivity contribution in [1.82, 2.24) is 0 Å². The average molecular weight is 333 g/mol. The highest BCUT2D eigenvalue weighted by atomic mass is 35.5. The van der Waals surface area contributed by atoms with E-state index in [4.69, 9.17) is 17.3 Å². The number of hydrogen-bond donors (Lipinski definition) is 2. The highest BCUT2D eigenvalue weighted by molar-refractivity contribution is 7.92. The van der Waals surface area contributed by atoms with E-state index in [0.717, 1.165) is 24.3 Å². The van der Waals surface area contributed by atoms with Crippen LogP contribution in [0.25, 0.3) is 0 Å². The number of nitrogens with two attached hydrogens (primary N) is 1. The van der Waals surface area contributed by atoms with Crippen molar-refractivity contribution in [1.29, 1.82) is 0 Å². The highest BCUT2D eigenvalue weighted by Gasteiger charge is 2.18. The van der Waals surface area contributed by atoms with E-state index in [-0.39, 0.29) is 26.9 Å². The lowest BCUT2D eigenvalue weighted by Crippen LogP contribution is -2.14. The molecule has 0 aliphatic rings. The predicted octanol–water partition coefficient (Wildman–Crippen LogP) is 3.31. The summed E-state index contributed by atoms with van der Waals surface area (Å²) in [5.41, 5.74) is 5.64. The number of anilines is 2. The van der Waals surface area contributed by atoms with Crippen LogP contribution in [0.5, 0.6) is 0 Å². The molecule has 21 heavy (non-hydrogen) atoms. The molecule has 2 rings (SSSR count). The largest absolute Gasteiger partial charge is 0.398 e. The Morgan fingerprint density at radius 3 is 2.38 bits per heavy atom. The van der Waals surface area contributed by atoms with Gasteiger partial charge in [0, 0.05) is 16.3 Å². The Labute approximate surface area is 125 Å². The maximum atomic E-state index is 13.6. The van der Waals surface area contributed by atoms with Gasteiger partial charge in [-0.1, -0.05) is 11.6 Å². The van der Waals surface area contributed by atoms with Gasteiger partial charge < -0.3 is 5.73 Å². The summed E-state index contributed by atoms with van der Waals surface area (Å²) in [5.74, 6) is -1.44. The molecule has 8 heteroatoms. The molecule has 0 radical (unpaired) electrons. The fraction of sp³-hybridized carbons (Fsp3) is 0.0769. The molecule has 3 N–H and O–H groups in total. The van der Waals surface area contributed by atoms with Gasteiger partial charge in [-0.15, -0.1) is 0 Å². The molecule has 0 fully saturated rings. The summed E-state index contributed by atoms with van der Waals surface area (Å²) in [4.78, 5) is -0.358. The van der Waals surface area contributed by atoms with Crippen LogP contribution in [0.3, 0.4) is 0 Å². The molecule has 0 aliphatic carbocycles. The third kappa shape index (κ3) is 3.43. The average Bonchev–Trinajstić information content (AvgIpc) is 2.33. The Morgan fingerprint density at radius 2 is 1.81 bits per heavy atom. The highest BCUT2D eigenvalue weighted by Crippen LogP contribution is 2.24. The maximum absolute atomic E-state index is 13.6. The first-order chi connectivity index (χ1) is 9.69. The zero-order chi connectivity index (χ0) is 15.8. The molecule has 0 heterocycles. The van der Waals surface area contributed by atoms with Gasteiger partial charge in [-0.3, -0.25) is 4.72 Å². The zero-order valence-electron chi connectivity index (χ0n) is 10.8. The summed E-state index contributed by atoms with van der Waals surface area (Å²) < 4.78 is 53.2. The van der Waals surface area contributed by atoms with Crippen molar-refractivity contribution < 1.29 is 17.2 Å². The van der Waals surface area contributed by atoms with Crippen molar-refractivity contribution in [2.24, 2.45) is 0 Å². The van der Waals surface area contributed by atoms with E-state index in [1.54, 1.807) is 0 Å². The van der Waals surface area contributed by atoms with Crippen LogP contribution in [0.4, 0.5) is 20.2 Å². The number of halogens is 3. The second-order valence-electron chi connectivity index (χ2n) is 4.38. The fourth-order valence-corrected chi connectivity index (χ4v) is 2.96. The first-order valence-corrected chi connectivity index (χ1v) is 7.60. The summed E-state index contributed by atoms with van der Waals surface area (Å²) in [5, 5.41) is 0.0299. The minimum Gasteiger partial charge on any atom is -0.398 e. The summed E-state index contributed by atoms with van der Waals surface area (Å²) >= 11 is 5.64.